The Labute approximate surface area is 131 Å². The summed E-state index contributed by atoms with van der Waals surface area (Å²) in [5.74, 6) is 0.820. The quantitative estimate of drug-likeness (QED) is 0.623. The first-order chi connectivity index (χ1) is 10.1. The molecule has 0 bridgehead atoms. The summed E-state index contributed by atoms with van der Waals surface area (Å²) >= 11 is 1.43. The fourth-order valence-corrected chi connectivity index (χ4v) is 2.52. The summed E-state index contributed by atoms with van der Waals surface area (Å²) in [6.07, 6.45) is 1.77. The number of rotatable bonds is 3. The molecule has 0 aliphatic carbocycles. The first-order valence-corrected chi connectivity index (χ1v) is 8.20. The molecule has 4 nitrogen and oxygen atoms in total. The third kappa shape index (κ3) is 4.70. The van der Waals surface area contributed by atoms with Gasteiger partial charge in [0, 0.05) is 6.21 Å². The van der Waals surface area contributed by atoms with Crippen LogP contribution in [0.25, 0.3) is 0 Å². The van der Waals surface area contributed by atoms with E-state index in [1.54, 1.807) is 11.1 Å². The summed E-state index contributed by atoms with van der Waals surface area (Å²) < 4.78 is 0. The van der Waals surface area contributed by atoms with Gasteiger partial charge in [0.25, 0.3) is 0 Å². The van der Waals surface area contributed by atoms with E-state index in [0.29, 0.717) is 16.8 Å². The van der Waals surface area contributed by atoms with Crippen LogP contribution in [0, 0.1) is 12.8 Å². The van der Waals surface area contributed by atoms with Crippen LogP contribution in [0.5, 0.6) is 0 Å². The molecule has 5 heteroatoms. The highest BCUT2D eigenvalue weighted by atomic mass is 32.2. The molecule has 0 radical (unpaired) electrons. The molecular formula is C16H23N3OS. The molecule has 0 atom stereocenters. The number of carbonyl (C=O) groups is 1. The Morgan fingerprint density at radius 2 is 1.95 bits per heavy atom. The van der Waals surface area contributed by atoms with Crippen LogP contribution in [0.2, 0.25) is 0 Å². The van der Waals surface area contributed by atoms with Gasteiger partial charge in [-0.2, -0.15) is 5.10 Å². The van der Waals surface area contributed by atoms with Gasteiger partial charge in [0.2, 0.25) is 5.91 Å². The Balaban J connectivity index is 0.00000106. The topological polar surface area (TPSA) is 45.0 Å². The lowest BCUT2D eigenvalue weighted by molar-refractivity contribution is -0.115. The number of para-hydroxylation sites is 1. The number of benzene rings is 1. The largest absolute Gasteiger partial charge is 0.273 e. The monoisotopic (exact) mass is 305 g/mol. The number of hydrogen-bond donors (Lipinski definition) is 0. The molecule has 1 aromatic rings. The van der Waals surface area contributed by atoms with Crippen molar-refractivity contribution in [3.8, 4) is 0 Å². The molecule has 114 valence electrons. The van der Waals surface area contributed by atoms with E-state index in [1.807, 2.05) is 58.9 Å². The van der Waals surface area contributed by atoms with E-state index in [1.165, 1.54) is 11.8 Å². The summed E-state index contributed by atoms with van der Waals surface area (Å²) in [4.78, 5) is 13.7. The predicted molar refractivity (Wildman–Crippen MR) is 93.2 cm³/mol. The molecule has 1 aliphatic rings. The van der Waals surface area contributed by atoms with Gasteiger partial charge in [-0.15, -0.1) is 5.10 Å². The number of thioether (sulfide) groups is 1. The van der Waals surface area contributed by atoms with Gasteiger partial charge in [0.05, 0.1) is 11.4 Å². The Bertz CT molecular complexity index is 538. The SMILES string of the molecule is CC.Cc1ccccc1N1C(=O)CS/C1=N\N=C\C(C)C. The molecule has 1 heterocycles. The second-order valence-corrected chi connectivity index (χ2v) is 5.64. The van der Waals surface area contributed by atoms with Crippen molar-refractivity contribution in [2.24, 2.45) is 16.1 Å². The highest BCUT2D eigenvalue weighted by Crippen LogP contribution is 2.29. The molecule has 0 unspecified atom stereocenters. The number of carbonyl (C=O) groups excluding carboxylic acids is 1. The maximum Gasteiger partial charge on any atom is 0.243 e. The van der Waals surface area contributed by atoms with E-state index in [2.05, 4.69) is 10.2 Å². The zero-order valence-electron chi connectivity index (χ0n) is 13.3. The van der Waals surface area contributed by atoms with Crippen LogP contribution in [0.4, 0.5) is 5.69 Å². The first kappa shape index (κ1) is 17.4. The van der Waals surface area contributed by atoms with E-state index in [0.717, 1.165) is 11.3 Å². The van der Waals surface area contributed by atoms with Crippen molar-refractivity contribution in [3.05, 3.63) is 29.8 Å². The zero-order chi connectivity index (χ0) is 15.8. The minimum atomic E-state index is 0.0535. The summed E-state index contributed by atoms with van der Waals surface area (Å²) in [7, 11) is 0. The van der Waals surface area contributed by atoms with Crippen molar-refractivity contribution < 1.29 is 4.79 Å². The lowest BCUT2D eigenvalue weighted by atomic mass is 10.2. The van der Waals surface area contributed by atoms with Crippen LogP contribution in [0.15, 0.2) is 34.5 Å². The Morgan fingerprint density at radius 1 is 1.29 bits per heavy atom. The van der Waals surface area contributed by atoms with Crippen molar-refractivity contribution in [1.82, 2.24) is 0 Å². The maximum absolute atomic E-state index is 12.0. The van der Waals surface area contributed by atoms with Crippen molar-refractivity contribution in [2.75, 3.05) is 10.7 Å². The molecule has 1 amide bonds. The molecule has 0 aromatic heterocycles. The number of nitrogens with zero attached hydrogens (tertiary/aromatic N) is 3. The van der Waals surface area contributed by atoms with Crippen LogP contribution in [0.3, 0.4) is 0 Å². The predicted octanol–water partition coefficient (Wildman–Crippen LogP) is 4.10. The van der Waals surface area contributed by atoms with Gasteiger partial charge < -0.3 is 0 Å². The lowest BCUT2D eigenvalue weighted by Crippen LogP contribution is -2.29. The van der Waals surface area contributed by atoms with E-state index in [4.69, 9.17) is 0 Å². The number of hydrogen-bond acceptors (Lipinski definition) is 4. The van der Waals surface area contributed by atoms with Gasteiger partial charge in [-0.3, -0.25) is 9.69 Å². The maximum atomic E-state index is 12.0. The highest BCUT2D eigenvalue weighted by molar-refractivity contribution is 8.15. The van der Waals surface area contributed by atoms with E-state index >= 15 is 0 Å². The Kier molecular flexibility index (Phi) is 7.15. The number of amidine groups is 1. The zero-order valence-corrected chi connectivity index (χ0v) is 14.1. The normalized spacial score (nSPS) is 16.8. The fourth-order valence-electron chi connectivity index (χ4n) is 1.70. The lowest BCUT2D eigenvalue weighted by Gasteiger charge is -2.17. The molecule has 1 aliphatic heterocycles. The summed E-state index contributed by atoms with van der Waals surface area (Å²) in [6.45, 7) is 10.1. The third-order valence-corrected chi connectivity index (χ3v) is 3.54. The Hall–Kier alpha value is -1.62. The van der Waals surface area contributed by atoms with Crippen molar-refractivity contribution in [1.29, 1.82) is 0 Å². The molecule has 0 spiro atoms. The first-order valence-electron chi connectivity index (χ1n) is 7.22. The molecule has 1 aromatic carbocycles. The van der Waals surface area contributed by atoms with Crippen LogP contribution >= 0.6 is 11.8 Å². The minimum absolute atomic E-state index is 0.0535. The van der Waals surface area contributed by atoms with Gasteiger partial charge in [-0.25, -0.2) is 0 Å². The average molecular weight is 305 g/mol. The van der Waals surface area contributed by atoms with E-state index in [-0.39, 0.29) is 5.91 Å². The van der Waals surface area contributed by atoms with Crippen LogP contribution in [0.1, 0.15) is 33.3 Å². The van der Waals surface area contributed by atoms with Crippen molar-refractivity contribution >= 4 is 34.7 Å². The Morgan fingerprint density at radius 3 is 2.57 bits per heavy atom. The molecule has 21 heavy (non-hydrogen) atoms. The molecule has 1 fully saturated rings. The van der Waals surface area contributed by atoms with Crippen LogP contribution in [-0.4, -0.2) is 23.0 Å². The second kappa shape index (κ2) is 8.62. The molecule has 0 N–H and O–H groups in total. The van der Waals surface area contributed by atoms with Crippen molar-refractivity contribution in [3.63, 3.8) is 0 Å². The van der Waals surface area contributed by atoms with Crippen LogP contribution in [-0.2, 0) is 4.79 Å². The standard InChI is InChI=1S/C14H17N3OS.C2H6/c1-10(2)8-15-16-14-17(13(18)9-19-14)12-7-5-4-6-11(12)3;1-2/h4-8,10H,9H2,1-3H3;1-2H3/b15-8+,16-14-;. The van der Waals surface area contributed by atoms with E-state index < -0.39 is 0 Å². The third-order valence-electron chi connectivity index (χ3n) is 2.63. The van der Waals surface area contributed by atoms with Crippen molar-refractivity contribution in [2.45, 2.75) is 34.6 Å². The summed E-state index contributed by atoms with van der Waals surface area (Å²) in [5.41, 5.74) is 1.94. The molecule has 1 saturated heterocycles. The van der Waals surface area contributed by atoms with Gasteiger partial charge in [0.1, 0.15) is 0 Å². The van der Waals surface area contributed by atoms with Gasteiger partial charge in [-0.1, -0.05) is 57.7 Å². The number of amides is 1. The molecule has 2 rings (SSSR count). The molecular weight excluding hydrogens is 282 g/mol. The van der Waals surface area contributed by atoms with Gasteiger partial charge in [-0.05, 0) is 24.5 Å². The fraction of sp³-hybridized carbons (Fsp3) is 0.438. The van der Waals surface area contributed by atoms with Gasteiger partial charge >= 0.3 is 0 Å². The second-order valence-electron chi connectivity index (χ2n) is 4.70. The number of aryl methyl sites for hydroxylation is 1. The highest BCUT2D eigenvalue weighted by Gasteiger charge is 2.30. The van der Waals surface area contributed by atoms with Crippen LogP contribution < -0.4 is 4.90 Å². The average Bonchev–Trinajstić information content (AvgIpc) is 2.82. The van der Waals surface area contributed by atoms with Gasteiger partial charge in [0.15, 0.2) is 5.17 Å². The smallest absolute Gasteiger partial charge is 0.243 e. The minimum Gasteiger partial charge on any atom is -0.273 e. The molecule has 0 saturated carbocycles. The van der Waals surface area contributed by atoms with E-state index in [9.17, 15) is 4.79 Å². The summed E-state index contributed by atoms with van der Waals surface area (Å²) in [5, 5.41) is 8.86. The summed E-state index contributed by atoms with van der Waals surface area (Å²) in [6, 6.07) is 7.80. The number of anilines is 1.